The summed E-state index contributed by atoms with van der Waals surface area (Å²) in [5.41, 5.74) is 9.69. The van der Waals surface area contributed by atoms with Gasteiger partial charge in [-0.15, -0.1) is 0 Å². The number of fused-ring (bicyclic) bond motifs is 11. The molecular weight excluding hydrogens is 643 g/mol. The van der Waals surface area contributed by atoms with Gasteiger partial charge in [0.2, 0.25) is 0 Å². The summed E-state index contributed by atoms with van der Waals surface area (Å²) in [4.78, 5) is 10.4. The third kappa shape index (κ3) is 4.61. The van der Waals surface area contributed by atoms with E-state index in [1.165, 1.54) is 65.3 Å². The zero-order valence-corrected chi connectivity index (χ0v) is 28.7. The van der Waals surface area contributed by atoms with Gasteiger partial charge in [-0.05, 0) is 68.4 Å². The van der Waals surface area contributed by atoms with Crippen LogP contribution in [0.25, 0.3) is 104 Å². The molecule has 0 amide bonds. The first-order chi connectivity index (χ1) is 26.3. The number of rotatable bonds is 4. The van der Waals surface area contributed by atoms with Crippen LogP contribution in [-0.2, 0) is 0 Å². The molecule has 3 nitrogen and oxygen atoms in total. The topological polar surface area (TPSA) is 30.7 Å². The minimum Gasteiger partial charge on any atom is -0.309 e. The molecular formula is C50H31N3. The second kappa shape index (κ2) is 11.7. The summed E-state index contributed by atoms with van der Waals surface area (Å²) in [6.07, 6.45) is 0. The van der Waals surface area contributed by atoms with Gasteiger partial charge in [0.1, 0.15) is 0 Å². The first kappa shape index (κ1) is 29.6. The third-order valence-electron chi connectivity index (χ3n) is 10.8. The van der Waals surface area contributed by atoms with E-state index in [2.05, 4.69) is 180 Å². The van der Waals surface area contributed by atoms with Crippen molar-refractivity contribution in [3.05, 3.63) is 188 Å². The lowest BCUT2D eigenvalue weighted by atomic mass is 9.92. The van der Waals surface area contributed by atoms with Crippen LogP contribution in [0.15, 0.2) is 188 Å². The highest BCUT2D eigenvalue weighted by molar-refractivity contribution is 6.35. The molecule has 0 atom stereocenters. The number of hydrogen-bond acceptors (Lipinski definition) is 2. The van der Waals surface area contributed by atoms with Gasteiger partial charge in [-0.1, -0.05) is 158 Å². The molecule has 11 rings (SSSR count). The van der Waals surface area contributed by atoms with Gasteiger partial charge in [0.05, 0.1) is 22.2 Å². The molecule has 2 aromatic heterocycles. The van der Waals surface area contributed by atoms with Crippen LogP contribution in [0, 0.1) is 0 Å². The van der Waals surface area contributed by atoms with Crippen molar-refractivity contribution in [1.82, 2.24) is 14.5 Å². The van der Waals surface area contributed by atoms with Crippen molar-refractivity contribution in [2.45, 2.75) is 0 Å². The molecule has 0 fully saturated rings. The molecule has 3 heteroatoms. The average molecular weight is 674 g/mol. The molecule has 0 radical (unpaired) electrons. The van der Waals surface area contributed by atoms with Crippen LogP contribution < -0.4 is 0 Å². The van der Waals surface area contributed by atoms with Crippen LogP contribution >= 0.6 is 0 Å². The Morgan fingerprint density at radius 3 is 1.66 bits per heavy atom. The summed E-state index contributed by atoms with van der Waals surface area (Å²) < 4.78 is 2.40. The van der Waals surface area contributed by atoms with Crippen molar-refractivity contribution in [2.24, 2.45) is 0 Å². The summed E-state index contributed by atoms with van der Waals surface area (Å²) in [6.45, 7) is 0. The normalized spacial score (nSPS) is 11.8. The van der Waals surface area contributed by atoms with E-state index in [1.54, 1.807) is 0 Å². The standard InChI is InChI=1S/C50H31N3/c1-2-13-32(14-3-1)33-25-27-34(28-26-33)49-42-21-8-10-23-44(42)51-50(52-49)35-15-12-16-36(31-35)53-45-24-11-9-22-43(45)48-46(53)30-29-41-39-19-5-4-17-37(39)38-18-6-7-20-40(38)47(41)48/h1-31H. The van der Waals surface area contributed by atoms with Crippen LogP contribution in [0.4, 0.5) is 0 Å². The predicted molar refractivity (Wildman–Crippen MR) is 223 cm³/mol. The van der Waals surface area contributed by atoms with Gasteiger partial charge in [-0.2, -0.15) is 0 Å². The van der Waals surface area contributed by atoms with Crippen molar-refractivity contribution in [3.8, 4) is 39.5 Å². The monoisotopic (exact) mass is 673 g/mol. The molecule has 2 heterocycles. The fourth-order valence-electron chi connectivity index (χ4n) is 8.39. The molecule has 0 saturated carbocycles. The Morgan fingerprint density at radius 2 is 0.887 bits per heavy atom. The summed E-state index contributed by atoms with van der Waals surface area (Å²) in [7, 11) is 0. The Labute approximate surface area is 306 Å². The van der Waals surface area contributed by atoms with E-state index in [1.807, 2.05) is 12.1 Å². The van der Waals surface area contributed by atoms with E-state index < -0.39 is 0 Å². The molecule has 0 saturated heterocycles. The number of nitrogens with zero attached hydrogens (tertiary/aromatic N) is 3. The van der Waals surface area contributed by atoms with Crippen LogP contribution in [0.5, 0.6) is 0 Å². The summed E-state index contributed by atoms with van der Waals surface area (Å²) in [5.74, 6) is 0.705. The maximum Gasteiger partial charge on any atom is 0.160 e. The Hall–Kier alpha value is -7.10. The molecule has 246 valence electrons. The predicted octanol–water partition coefficient (Wildman–Crippen LogP) is 13.2. The third-order valence-corrected chi connectivity index (χ3v) is 10.8. The van der Waals surface area contributed by atoms with Gasteiger partial charge < -0.3 is 4.57 Å². The molecule has 0 aliphatic heterocycles. The van der Waals surface area contributed by atoms with E-state index in [9.17, 15) is 0 Å². The lowest BCUT2D eigenvalue weighted by Gasteiger charge is -2.13. The van der Waals surface area contributed by atoms with Crippen molar-refractivity contribution < 1.29 is 0 Å². The van der Waals surface area contributed by atoms with Crippen LogP contribution in [-0.4, -0.2) is 14.5 Å². The van der Waals surface area contributed by atoms with Gasteiger partial charge in [-0.3, -0.25) is 0 Å². The Morgan fingerprint density at radius 1 is 0.321 bits per heavy atom. The highest BCUT2D eigenvalue weighted by Gasteiger charge is 2.19. The second-order valence-electron chi connectivity index (χ2n) is 13.7. The maximum absolute atomic E-state index is 5.27. The van der Waals surface area contributed by atoms with E-state index in [4.69, 9.17) is 9.97 Å². The molecule has 0 bridgehead atoms. The minimum absolute atomic E-state index is 0.705. The zero-order valence-electron chi connectivity index (χ0n) is 28.7. The zero-order chi connectivity index (χ0) is 34.9. The first-order valence-electron chi connectivity index (χ1n) is 18.1. The molecule has 11 aromatic rings. The second-order valence-corrected chi connectivity index (χ2v) is 13.7. The number of para-hydroxylation sites is 2. The smallest absolute Gasteiger partial charge is 0.160 e. The highest BCUT2D eigenvalue weighted by Crippen LogP contribution is 2.43. The summed E-state index contributed by atoms with van der Waals surface area (Å²) >= 11 is 0. The van der Waals surface area contributed by atoms with Gasteiger partial charge in [-0.25, -0.2) is 9.97 Å². The number of aromatic nitrogens is 3. The number of hydrogen-bond donors (Lipinski definition) is 0. The largest absolute Gasteiger partial charge is 0.309 e. The fraction of sp³-hybridized carbons (Fsp3) is 0. The van der Waals surface area contributed by atoms with Crippen molar-refractivity contribution in [3.63, 3.8) is 0 Å². The van der Waals surface area contributed by atoms with Gasteiger partial charge in [0.25, 0.3) is 0 Å². The van der Waals surface area contributed by atoms with E-state index in [-0.39, 0.29) is 0 Å². The lowest BCUT2D eigenvalue weighted by Crippen LogP contribution is -1.98. The van der Waals surface area contributed by atoms with Gasteiger partial charge >= 0.3 is 0 Å². The molecule has 0 unspecified atom stereocenters. The Balaban J connectivity index is 1.12. The van der Waals surface area contributed by atoms with Crippen molar-refractivity contribution in [2.75, 3.05) is 0 Å². The van der Waals surface area contributed by atoms with Gasteiger partial charge in [0, 0.05) is 38.4 Å². The summed E-state index contributed by atoms with van der Waals surface area (Å²) in [6, 6.07) is 67.2. The molecule has 53 heavy (non-hydrogen) atoms. The molecule has 0 aliphatic carbocycles. The molecule has 0 spiro atoms. The van der Waals surface area contributed by atoms with E-state index >= 15 is 0 Å². The first-order valence-corrected chi connectivity index (χ1v) is 18.1. The van der Waals surface area contributed by atoms with Crippen LogP contribution in [0.3, 0.4) is 0 Å². The van der Waals surface area contributed by atoms with Crippen molar-refractivity contribution in [1.29, 1.82) is 0 Å². The fourth-order valence-corrected chi connectivity index (χ4v) is 8.39. The Bertz CT molecular complexity index is 3180. The van der Waals surface area contributed by atoms with E-state index in [0.717, 1.165) is 33.4 Å². The SMILES string of the molecule is c1ccc(-c2ccc(-c3nc(-c4cccc(-n5c6ccccc6c6c7c8ccccc8c8ccccc8c7ccc65)c4)nc4ccccc34)cc2)cc1. The lowest BCUT2D eigenvalue weighted by molar-refractivity contribution is 1.17. The van der Waals surface area contributed by atoms with Gasteiger partial charge in [0.15, 0.2) is 5.82 Å². The number of benzene rings is 9. The Kier molecular flexibility index (Phi) is 6.55. The molecule has 0 aliphatic rings. The maximum atomic E-state index is 5.27. The molecule has 0 N–H and O–H groups in total. The highest BCUT2D eigenvalue weighted by atomic mass is 15.0. The van der Waals surface area contributed by atoms with Crippen molar-refractivity contribution >= 4 is 65.0 Å². The summed E-state index contributed by atoms with van der Waals surface area (Å²) in [5, 5.41) is 11.2. The van der Waals surface area contributed by atoms with Crippen LogP contribution in [0.2, 0.25) is 0 Å². The average Bonchev–Trinajstić information content (AvgIpc) is 3.58. The molecule has 9 aromatic carbocycles. The van der Waals surface area contributed by atoms with E-state index in [0.29, 0.717) is 5.82 Å². The minimum atomic E-state index is 0.705. The van der Waals surface area contributed by atoms with Crippen LogP contribution in [0.1, 0.15) is 0 Å². The quantitative estimate of drug-likeness (QED) is 0.174.